The molecule has 1 atom stereocenters. The highest BCUT2D eigenvalue weighted by atomic mass is 16.5. The van der Waals surface area contributed by atoms with Gasteiger partial charge in [0.1, 0.15) is 11.3 Å². The average molecular weight is 247 g/mol. The van der Waals surface area contributed by atoms with Crippen molar-refractivity contribution in [2.75, 3.05) is 13.2 Å². The topological polar surface area (TPSA) is 48.4 Å². The largest absolute Gasteiger partial charge is 0.459 e. The van der Waals surface area contributed by atoms with Crippen LogP contribution in [-0.4, -0.2) is 13.2 Å². The molecule has 0 saturated heterocycles. The molecule has 0 fully saturated rings. The van der Waals surface area contributed by atoms with Crippen LogP contribution in [0.4, 0.5) is 0 Å². The molecule has 2 rings (SSSR count). The highest BCUT2D eigenvalue weighted by Gasteiger charge is 2.12. The molecule has 0 spiro atoms. The van der Waals surface area contributed by atoms with Gasteiger partial charge in [-0.2, -0.15) is 0 Å². The summed E-state index contributed by atoms with van der Waals surface area (Å²) in [5, 5.41) is 1.12. The minimum absolute atomic E-state index is 0.0892. The third-order valence-corrected chi connectivity index (χ3v) is 3.05. The maximum atomic E-state index is 6.12. The van der Waals surface area contributed by atoms with E-state index in [0.29, 0.717) is 6.61 Å². The second-order valence-corrected chi connectivity index (χ2v) is 4.65. The van der Waals surface area contributed by atoms with E-state index in [1.165, 1.54) is 0 Å². The zero-order chi connectivity index (χ0) is 13.0. The van der Waals surface area contributed by atoms with Crippen molar-refractivity contribution in [2.45, 2.75) is 32.7 Å². The summed E-state index contributed by atoms with van der Waals surface area (Å²) in [6.07, 6.45) is 1.83. The van der Waals surface area contributed by atoms with Crippen LogP contribution in [0.25, 0.3) is 11.0 Å². The first-order valence-corrected chi connectivity index (χ1v) is 6.54. The Kier molecular flexibility index (Phi) is 4.39. The van der Waals surface area contributed by atoms with Gasteiger partial charge >= 0.3 is 0 Å². The molecule has 18 heavy (non-hydrogen) atoms. The Morgan fingerprint density at radius 2 is 2.17 bits per heavy atom. The Morgan fingerprint density at radius 1 is 1.33 bits per heavy atom. The fourth-order valence-corrected chi connectivity index (χ4v) is 2.01. The van der Waals surface area contributed by atoms with Crippen LogP contribution in [-0.2, 0) is 4.74 Å². The zero-order valence-electron chi connectivity index (χ0n) is 11.1. The molecular formula is C15H21NO2. The molecule has 2 aromatic rings. The van der Waals surface area contributed by atoms with Gasteiger partial charge in [-0.1, -0.05) is 25.1 Å². The first kappa shape index (κ1) is 13.1. The van der Waals surface area contributed by atoms with Crippen molar-refractivity contribution in [3.63, 3.8) is 0 Å². The van der Waals surface area contributed by atoms with Gasteiger partial charge in [-0.05, 0) is 31.4 Å². The fraction of sp³-hybridized carbons (Fsp3) is 0.467. The third-order valence-electron chi connectivity index (χ3n) is 3.05. The molecule has 1 aromatic heterocycles. The lowest BCUT2D eigenvalue weighted by molar-refractivity contribution is 0.126. The number of hydrogen-bond donors (Lipinski definition) is 1. The van der Waals surface area contributed by atoms with Crippen LogP contribution >= 0.6 is 0 Å². The monoisotopic (exact) mass is 247 g/mol. The Morgan fingerprint density at radius 3 is 2.89 bits per heavy atom. The highest BCUT2D eigenvalue weighted by molar-refractivity contribution is 5.80. The standard InChI is InChI=1S/C15H21NO2/c1-3-8-17-9-7-13(16)14-10-12-6-4-5-11(2)15(12)18-14/h4-6,10,13H,3,7-9,16H2,1-2H3. The second kappa shape index (κ2) is 6.03. The number of hydrogen-bond acceptors (Lipinski definition) is 3. The molecule has 0 aliphatic rings. The van der Waals surface area contributed by atoms with Crippen molar-refractivity contribution in [3.8, 4) is 0 Å². The van der Waals surface area contributed by atoms with Crippen LogP contribution in [0.3, 0.4) is 0 Å². The highest BCUT2D eigenvalue weighted by Crippen LogP contribution is 2.26. The summed E-state index contributed by atoms with van der Waals surface area (Å²) in [6.45, 7) is 5.63. The molecule has 0 bridgehead atoms. The smallest absolute Gasteiger partial charge is 0.137 e. The van der Waals surface area contributed by atoms with Gasteiger partial charge in [0.25, 0.3) is 0 Å². The van der Waals surface area contributed by atoms with E-state index in [1.807, 2.05) is 25.1 Å². The summed E-state index contributed by atoms with van der Waals surface area (Å²) in [5.41, 5.74) is 8.21. The first-order chi connectivity index (χ1) is 8.72. The third kappa shape index (κ3) is 2.92. The van der Waals surface area contributed by atoms with E-state index in [2.05, 4.69) is 13.0 Å². The molecule has 1 unspecified atom stereocenters. The maximum absolute atomic E-state index is 6.12. The van der Waals surface area contributed by atoms with Crippen LogP contribution in [0.1, 0.15) is 37.1 Å². The minimum atomic E-state index is -0.0892. The SMILES string of the molecule is CCCOCCC(N)c1cc2cccc(C)c2o1. The Hall–Kier alpha value is -1.32. The molecule has 0 aliphatic carbocycles. The molecule has 98 valence electrons. The van der Waals surface area contributed by atoms with Crippen LogP contribution in [0, 0.1) is 6.92 Å². The van der Waals surface area contributed by atoms with E-state index in [9.17, 15) is 0 Å². The van der Waals surface area contributed by atoms with Gasteiger partial charge in [0.2, 0.25) is 0 Å². The number of nitrogens with two attached hydrogens (primary N) is 1. The number of furan rings is 1. The summed E-state index contributed by atoms with van der Waals surface area (Å²) in [4.78, 5) is 0. The predicted octanol–water partition coefficient (Wildman–Crippen LogP) is 3.56. The lowest BCUT2D eigenvalue weighted by Crippen LogP contribution is -2.12. The van der Waals surface area contributed by atoms with Crippen molar-refractivity contribution in [3.05, 3.63) is 35.6 Å². The fourth-order valence-electron chi connectivity index (χ4n) is 2.01. The van der Waals surface area contributed by atoms with E-state index in [0.717, 1.165) is 41.7 Å². The molecule has 1 heterocycles. The number of para-hydroxylation sites is 1. The van der Waals surface area contributed by atoms with E-state index < -0.39 is 0 Å². The van der Waals surface area contributed by atoms with Gasteiger partial charge < -0.3 is 14.9 Å². The zero-order valence-corrected chi connectivity index (χ0v) is 11.1. The molecular weight excluding hydrogens is 226 g/mol. The van der Waals surface area contributed by atoms with Crippen molar-refractivity contribution in [1.82, 2.24) is 0 Å². The molecule has 0 aliphatic heterocycles. The van der Waals surface area contributed by atoms with Crippen molar-refractivity contribution in [2.24, 2.45) is 5.73 Å². The van der Waals surface area contributed by atoms with Crippen molar-refractivity contribution < 1.29 is 9.15 Å². The number of fused-ring (bicyclic) bond motifs is 1. The van der Waals surface area contributed by atoms with Gasteiger partial charge in [-0.15, -0.1) is 0 Å². The van der Waals surface area contributed by atoms with Crippen molar-refractivity contribution in [1.29, 1.82) is 0 Å². The molecule has 2 N–H and O–H groups in total. The summed E-state index contributed by atoms with van der Waals surface area (Å²) in [7, 11) is 0. The molecule has 3 heteroatoms. The maximum Gasteiger partial charge on any atom is 0.137 e. The summed E-state index contributed by atoms with van der Waals surface area (Å²) in [5.74, 6) is 0.847. The van der Waals surface area contributed by atoms with Crippen LogP contribution < -0.4 is 5.73 Å². The number of rotatable bonds is 6. The summed E-state index contributed by atoms with van der Waals surface area (Å²) < 4.78 is 11.3. The summed E-state index contributed by atoms with van der Waals surface area (Å²) in [6, 6.07) is 8.08. The molecule has 0 radical (unpaired) electrons. The van der Waals surface area contributed by atoms with Crippen molar-refractivity contribution >= 4 is 11.0 Å². The lowest BCUT2D eigenvalue weighted by atomic mass is 10.1. The molecule has 1 aromatic carbocycles. The average Bonchev–Trinajstić information content (AvgIpc) is 2.80. The van der Waals surface area contributed by atoms with Gasteiger partial charge in [0.15, 0.2) is 0 Å². The Bertz CT molecular complexity index is 504. The molecule has 0 saturated carbocycles. The number of benzene rings is 1. The van der Waals surface area contributed by atoms with Crippen LogP contribution in [0.15, 0.2) is 28.7 Å². The van der Waals surface area contributed by atoms with Crippen LogP contribution in [0.2, 0.25) is 0 Å². The quantitative estimate of drug-likeness (QED) is 0.794. The second-order valence-electron chi connectivity index (χ2n) is 4.65. The Balaban J connectivity index is 2.04. The normalized spacial score (nSPS) is 13.1. The minimum Gasteiger partial charge on any atom is -0.459 e. The van der Waals surface area contributed by atoms with E-state index in [4.69, 9.17) is 14.9 Å². The first-order valence-electron chi connectivity index (χ1n) is 6.54. The number of ether oxygens (including phenoxy) is 1. The lowest BCUT2D eigenvalue weighted by Gasteiger charge is -2.08. The van der Waals surface area contributed by atoms with Gasteiger partial charge in [-0.3, -0.25) is 0 Å². The van der Waals surface area contributed by atoms with E-state index >= 15 is 0 Å². The van der Waals surface area contributed by atoms with E-state index in [-0.39, 0.29) is 6.04 Å². The van der Waals surface area contributed by atoms with Gasteiger partial charge in [0, 0.05) is 18.6 Å². The predicted molar refractivity (Wildman–Crippen MR) is 73.6 cm³/mol. The van der Waals surface area contributed by atoms with E-state index in [1.54, 1.807) is 0 Å². The number of aryl methyl sites for hydroxylation is 1. The van der Waals surface area contributed by atoms with Gasteiger partial charge in [0.05, 0.1) is 6.04 Å². The molecule has 3 nitrogen and oxygen atoms in total. The summed E-state index contributed by atoms with van der Waals surface area (Å²) >= 11 is 0. The Labute approximate surface area is 108 Å². The molecule has 0 amide bonds. The van der Waals surface area contributed by atoms with Gasteiger partial charge in [-0.25, -0.2) is 0 Å². The van der Waals surface area contributed by atoms with Crippen LogP contribution in [0.5, 0.6) is 0 Å².